The Bertz CT molecular complexity index is 896. The van der Waals surface area contributed by atoms with Crippen molar-refractivity contribution in [3.05, 3.63) is 29.0 Å². The Morgan fingerprint density at radius 1 is 1.44 bits per heavy atom. The number of nitrogens with one attached hydrogen (secondary N) is 1. The number of carboxylic acid groups (broad SMARTS) is 1. The van der Waals surface area contributed by atoms with Crippen LogP contribution < -0.4 is 0 Å². The monoisotopic (exact) mass is 385 g/mol. The van der Waals surface area contributed by atoms with Gasteiger partial charge in [0.2, 0.25) is 10.0 Å². The number of halogens is 1. The lowest BCUT2D eigenvalue weighted by atomic mass is 9.82. The van der Waals surface area contributed by atoms with Crippen LogP contribution in [0.15, 0.2) is 18.2 Å². The Kier molecular flexibility index (Phi) is 5.04. The maximum absolute atomic E-state index is 11.9. The second-order valence-electron chi connectivity index (χ2n) is 6.55. The number of carboxylic acids is 1. The summed E-state index contributed by atoms with van der Waals surface area (Å²) >= 11 is 6.15. The molecule has 1 aliphatic heterocycles. The van der Waals surface area contributed by atoms with Gasteiger partial charge >= 0.3 is 5.97 Å². The van der Waals surface area contributed by atoms with E-state index in [1.165, 1.54) is 10.6 Å². The van der Waals surface area contributed by atoms with Crippen LogP contribution in [0.5, 0.6) is 0 Å². The van der Waals surface area contributed by atoms with Crippen LogP contribution >= 0.6 is 11.6 Å². The summed E-state index contributed by atoms with van der Waals surface area (Å²) in [6, 6.07) is 5.45. The molecule has 0 amide bonds. The maximum Gasteiger partial charge on any atom is 0.303 e. The SMILES string of the molecule is CS(=O)(=O)N1CCC(CC(=O)O)C(Cc2nc3c(Cl)cccc3[nH]2)C1. The molecule has 1 aromatic carbocycles. The lowest BCUT2D eigenvalue weighted by Gasteiger charge is -2.36. The number of rotatable bonds is 5. The fourth-order valence-electron chi connectivity index (χ4n) is 3.47. The highest BCUT2D eigenvalue weighted by Crippen LogP contribution is 2.31. The van der Waals surface area contributed by atoms with Crippen LogP contribution in [0.4, 0.5) is 0 Å². The molecule has 2 atom stereocenters. The van der Waals surface area contributed by atoms with Crippen molar-refractivity contribution in [1.29, 1.82) is 0 Å². The van der Waals surface area contributed by atoms with Crippen LogP contribution in [0.1, 0.15) is 18.7 Å². The molecule has 7 nitrogen and oxygen atoms in total. The van der Waals surface area contributed by atoms with Gasteiger partial charge in [0.25, 0.3) is 0 Å². The van der Waals surface area contributed by atoms with Crippen molar-refractivity contribution >= 4 is 38.6 Å². The number of fused-ring (bicyclic) bond motifs is 1. The second kappa shape index (κ2) is 6.93. The number of aliphatic carboxylic acids is 1. The molecule has 0 aliphatic carbocycles. The third kappa shape index (κ3) is 4.13. The van der Waals surface area contributed by atoms with Gasteiger partial charge in [-0.2, -0.15) is 0 Å². The molecular weight excluding hydrogens is 366 g/mol. The van der Waals surface area contributed by atoms with Gasteiger partial charge < -0.3 is 10.1 Å². The quantitative estimate of drug-likeness (QED) is 0.820. The number of hydrogen-bond donors (Lipinski definition) is 2. The van der Waals surface area contributed by atoms with E-state index in [4.69, 9.17) is 16.7 Å². The predicted octanol–water partition coefficient (Wildman–Crippen LogP) is 2.13. The summed E-state index contributed by atoms with van der Waals surface area (Å²) in [5.41, 5.74) is 1.48. The lowest BCUT2D eigenvalue weighted by molar-refractivity contribution is -0.138. The topological polar surface area (TPSA) is 103 Å². The third-order valence-corrected chi connectivity index (χ3v) is 6.30. The number of nitrogens with zero attached hydrogens (tertiary/aromatic N) is 2. The zero-order valence-corrected chi connectivity index (χ0v) is 15.3. The summed E-state index contributed by atoms with van der Waals surface area (Å²) in [6.45, 7) is 0.667. The zero-order chi connectivity index (χ0) is 18.2. The van der Waals surface area contributed by atoms with E-state index in [1.807, 2.05) is 12.1 Å². The van der Waals surface area contributed by atoms with Crippen LogP contribution in [-0.2, 0) is 21.2 Å². The molecule has 2 N–H and O–H groups in total. The summed E-state index contributed by atoms with van der Waals surface area (Å²) in [6.07, 6.45) is 2.23. The van der Waals surface area contributed by atoms with Gasteiger partial charge in [-0.3, -0.25) is 4.79 Å². The van der Waals surface area contributed by atoms with Crippen molar-refractivity contribution in [2.24, 2.45) is 11.8 Å². The van der Waals surface area contributed by atoms with E-state index in [1.54, 1.807) is 6.07 Å². The lowest BCUT2D eigenvalue weighted by Crippen LogP contribution is -2.44. The second-order valence-corrected chi connectivity index (χ2v) is 8.94. The number of H-pyrrole nitrogens is 1. The van der Waals surface area contributed by atoms with Crippen molar-refractivity contribution in [3.8, 4) is 0 Å². The van der Waals surface area contributed by atoms with Crippen molar-refractivity contribution in [2.45, 2.75) is 19.3 Å². The number of aromatic nitrogens is 2. The highest BCUT2D eigenvalue weighted by molar-refractivity contribution is 7.88. The summed E-state index contributed by atoms with van der Waals surface area (Å²) in [4.78, 5) is 18.9. The molecule has 2 aromatic rings. The van der Waals surface area contributed by atoms with E-state index < -0.39 is 16.0 Å². The molecular formula is C16H20ClN3O4S. The molecule has 2 unspecified atom stereocenters. The summed E-state index contributed by atoms with van der Waals surface area (Å²) in [7, 11) is -3.30. The normalized spacial score (nSPS) is 22.3. The van der Waals surface area contributed by atoms with E-state index in [9.17, 15) is 13.2 Å². The Morgan fingerprint density at radius 2 is 2.20 bits per heavy atom. The van der Waals surface area contributed by atoms with Gasteiger partial charge in [-0.15, -0.1) is 0 Å². The average molecular weight is 386 g/mol. The van der Waals surface area contributed by atoms with E-state index in [2.05, 4.69) is 9.97 Å². The Balaban J connectivity index is 1.85. The summed E-state index contributed by atoms with van der Waals surface area (Å²) < 4.78 is 25.2. The van der Waals surface area contributed by atoms with E-state index in [0.29, 0.717) is 42.3 Å². The van der Waals surface area contributed by atoms with Crippen LogP contribution in [0.25, 0.3) is 11.0 Å². The van der Waals surface area contributed by atoms with Gasteiger partial charge in [0.1, 0.15) is 11.3 Å². The Labute approximate surface area is 151 Å². The largest absolute Gasteiger partial charge is 0.481 e. The molecule has 9 heteroatoms. The van der Waals surface area contributed by atoms with E-state index >= 15 is 0 Å². The number of carbonyl (C=O) groups is 1. The highest BCUT2D eigenvalue weighted by Gasteiger charge is 2.34. The van der Waals surface area contributed by atoms with Crippen LogP contribution in [0.3, 0.4) is 0 Å². The fraction of sp³-hybridized carbons (Fsp3) is 0.500. The Hall–Kier alpha value is -1.64. The fourth-order valence-corrected chi connectivity index (χ4v) is 4.58. The number of piperidine rings is 1. The number of hydrogen-bond acceptors (Lipinski definition) is 4. The molecule has 1 saturated heterocycles. The first-order chi connectivity index (χ1) is 11.7. The van der Waals surface area contributed by atoms with Gasteiger partial charge in [0.05, 0.1) is 16.8 Å². The van der Waals surface area contributed by atoms with Crippen LogP contribution in [0, 0.1) is 11.8 Å². The number of benzene rings is 1. The minimum absolute atomic E-state index is 0.0310. The zero-order valence-electron chi connectivity index (χ0n) is 13.8. The first-order valence-electron chi connectivity index (χ1n) is 8.04. The van der Waals surface area contributed by atoms with Crippen LogP contribution in [-0.4, -0.2) is 53.1 Å². The van der Waals surface area contributed by atoms with Crippen molar-refractivity contribution in [1.82, 2.24) is 14.3 Å². The predicted molar refractivity (Wildman–Crippen MR) is 95.1 cm³/mol. The van der Waals surface area contributed by atoms with Gasteiger partial charge in [-0.25, -0.2) is 17.7 Å². The van der Waals surface area contributed by atoms with Crippen molar-refractivity contribution in [2.75, 3.05) is 19.3 Å². The standard InChI is InChI=1S/C16H20ClN3O4S/c1-25(23,24)20-6-5-10(8-15(21)22)11(9-20)7-14-18-13-4-2-3-12(17)16(13)19-14/h2-4,10-11H,5-9H2,1H3,(H,18,19)(H,21,22). The van der Waals surface area contributed by atoms with Gasteiger partial charge in [0.15, 0.2) is 0 Å². The molecule has 25 heavy (non-hydrogen) atoms. The molecule has 2 heterocycles. The van der Waals surface area contributed by atoms with Crippen LogP contribution in [0.2, 0.25) is 5.02 Å². The number of imidazole rings is 1. The molecule has 1 aliphatic rings. The maximum atomic E-state index is 11.9. The number of para-hydroxylation sites is 1. The van der Waals surface area contributed by atoms with E-state index in [-0.39, 0.29) is 18.3 Å². The van der Waals surface area contributed by atoms with Gasteiger partial charge in [0, 0.05) is 25.9 Å². The van der Waals surface area contributed by atoms with E-state index in [0.717, 1.165) is 5.52 Å². The minimum Gasteiger partial charge on any atom is -0.481 e. The molecule has 0 radical (unpaired) electrons. The van der Waals surface area contributed by atoms with Gasteiger partial charge in [-0.1, -0.05) is 17.7 Å². The first kappa shape index (κ1) is 18.2. The molecule has 1 fully saturated rings. The van der Waals surface area contributed by atoms with Crippen molar-refractivity contribution in [3.63, 3.8) is 0 Å². The molecule has 3 rings (SSSR count). The third-order valence-electron chi connectivity index (χ3n) is 4.73. The molecule has 1 aromatic heterocycles. The summed E-state index contributed by atoms with van der Waals surface area (Å²) in [5.74, 6) is -0.368. The first-order valence-corrected chi connectivity index (χ1v) is 10.3. The Morgan fingerprint density at radius 3 is 2.84 bits per heavy atom. The molecule has 136 valence electrons. The number of sulfonamides is 1. The molecule has 0 saturated carbocycles. The van der Waals surface area contributed by atoms with Gasteiger partial charge in [-0.05, 0) is 30.4 Å². The summed E-state index contributed by atoms with van der Waals surface area (Å²) in [5, 5.41) is 9.70. The van der Waals surface area contributed by atoms with Crippen molar-refractivity contribution < 1.29 is 18.3 Å². The average Bonchev–Trinajstić information content (AvgIpc) is 2.91. The molecule has 0 bridgehead atoms. The highest BCUT2D eigenvalue weighted by atomic mass is 35.5. The molecule has 0 spiro atoms. The smallest absolute Gasteiger partial charge is 0.303 e. The minimum atomic E-state index is -3.30. The number of aromatic amines is 1.